The highest BCUT2D eigenvalue weighted by molar-refractivity contribution is 5.94. The van der Waals surface area contributed by atoms with Crippen LogP contribution in [0.2, 0.25) is 0 Å². The van der Waals surface area contributed by atoms with Crippen molar-refractivity contribution in [3.8, 4) is 5.75 Å². The number of pyridine rings is 1. The number of carboxylic acid groups (broad SMARTS) is 1. The number of primary amides is 1. The molecular formula is C14H15N3O4. The van der Waals surface area contributed by atoms with Gasteiger partial charge in [-0.1, -0.05) is 0 Å². The molecule has 110 valence electrons. The monoisotopic (exact) mass is 289 g/mol. The zero-order valence-corrected chi connectivity index (χ0v) is 11.4. The van der Waals surface area contributed by atoms with Crippen molar-refractivity contribution in [3.05, 3.63) is 30.5 Å². The van der Waals surface area contributed by atoms with Crippen LogP contribution < -0.4 is 15.8 Å². The van der Waals surface area contributed by atoms with Gasteiger partial charge in [0.25, 0.3) is 0 Å². The number of ether oxygens (including phenoxy) is 1. The first kappa shape index (κ1) is 14.6. The molecule has 0 fully saturated rings. The Labute approximate surface area is 120 Å². The van der Waals surface area contributed by atoms with Crippen LogP contribution in [0, 0.1) is 0 Å². The number of benzene rings is 1. The van der Waals surface area contributed by atoms with E-state index in [4.69, 9.17) is 15.6 Å². The van der Waals surface area contributed by atoms with Crippen molar-refractivity contribution in [2.24, 2.45) is 5.73 Å². The normalized spacial score (nSPS) is 11.9. The predicted octanol–water partition coefficient (Wildman–Crippen LogP) is 0.984. The van der Waals surface area contributed by atoms with Gasteiger partial charge in [-0.3, -0.25) is 4.79 Å². The summed E-state index contributed by atoms with van der Waals surface area (Å²) >= 11 is 0. The molecule has 1 unspecified atom stereocenters. The van der Waals surface area contributed by atoms with Crippen LogP contribution in [-0.4, -0.2) is 35.1 Å². The number of rotatable bonds is 6. The van der Waals surface area contributed by atoms with Gasteiger partial charge in [-0.05, 0) is 29.7 Å². The van der Waals surface area contributed by atoms with Gasteiger partial charge in [-0.25, -0.2) is 9.78 Å². The van der Waals surface area contributed by atoms with E-state index in [1.54, 1.807) is 31.5 Å². The number of amides is 1. The summed E-state index contributed by atoms with van der Waals surface area (Å²) in [5, 5.41) is 13.4. The van der Waals surface area contributed by atoms with Crippen molar-refractivity contribution in [2.45, 2.75) is 12.5 Å². The quantitative estimate of drug-likeness (QED) is 0.730. The minimum atomic E-state index is -1.17. The number of nitrogens with one attached hydrogen (secondary N) is 1. The maximum absolute atomic E-state index is 11.2. The highest BCUT2D eigenvalue weighted by Gasteiger charge is 2.21. The molecule has 0 bridgehead atoms. The zero-order valence-electron chi connectivity index (χ0n) is 11.4. The van der Waals surface area contributed by atoms with Crippen LogP contribution in [-0.2, 0) is 9.59 Å². The number of carbonyl (C=O) groups is 2. The number of aromatic nitrogens is 1. The van der Waals surface area contributed by atoms with E-state index in [1.807, 2.05) is 6.07 Å². The first-order valence-corrected chi connectivity index (χ1v) is 6.21. The SMILES string of the molecule is COc1ccc2c(NC(CC(N)=O)C(=O)O)nccc2c1. The molecule has 0 saturated heterocycles. The number of carboxylic acids is 1. The van der Waals surface area contributed by atoms with Crippen molar-refractivity contribution in [3.63, 3.8) is 0 Å². The lowest BCUT2D eigenvalue weighted by molar-refractivity contribution is -0.139. The highest BCUT2D eigenvalue weighted by atomic mass is 16.5. The third kappa shape index (κ3) is 3.38. The molecule has 0 aliphatic rings. The largest absolute Gasteiger partial charge is 0.497 e. The van der Waals surface area contributed by atoms with Crippen molar-refractivity contribution in [2.75, 3.05) is 12.4 Å². The Morgan fingerprint density at radius 1 is 1.43 bits per heavy atom. The van der Waals surface area contributed by atoms with E-state index >= 15 is 0 Å². The van der Waals surface area contributed by atoms with E-state index < -0.39 is 17.9 Å². The number of carbonyl (C=O) groups excluding carboxylic acids is 1. The molecule has 0 aliphatic heterocycles. The smallest absolute Gasteiger partial charge is 0.326 e. The first-order valence-electron chi connectivity index (χ1n) is 6.21. The van der Waals surface area contributed by atoms with Crippen molar-refractivity contribution in [1.82, 2.24) is 4.98 Å². The van der Waals surface area contributed by atoms with Gasteiger partial charge in [-0.15, -0.1) is 0 Å². The third-order valence-corrected chi connectivity index (χ3v) is 2.99. The minimum absolute atomic E-state index is 0.316. The summed E-state index contributed by atoms with van der Waals surface area (Å²) in [6.45, 7) is 0. The van der Waals surface area contributed by atoms with Crippen LogP contribution in [0.5, 0.6) is 5.75 Å². The lowest BCUT2D eigenvalue weighted by atomic mass is 10.1. The topological polar surface area (TPSA) is 115 Å². The number of aliphatic carboxylic acids is 1. The van der Waals surface area contributed by atoms with Crippen LogP contribution in [0.25, 0.3) is 10.8 Å². The Kier molecular flexibility index (Phi) is 4.22. The molecule has 1 atom stereocenters. The summed E-state index contributed by atoms with van der Waals surface area (Å²) in [5.41, 5.74) is 5.06. The molecule has 0 saturated carbocycles. The second-order valence-electron chi connectivity index (χ2n) is 4.45. The van der Waals surface area contributed by atoms with Crippen LogP contribution in [0.1, 0.15) is 6.42 Å². The Bertz CT molecular complexity index is 687. The summed E-state index contributed by atoms with van der Waals surface area (Å²) in [4.78, 5) is 26.2. The molecule has 1 aromatic carbocycles. The molecule has 0 radical (unpaired) electrons. The van der Waals surface area contributed by atoms with Crippen LogP contribution in [0.15, 0.2) is 30.5 Å². The summed E-state index contributed by atoms with van der Waals surface area (Å²) < 4.78 is 5.14. The van der Waals surface area contributed by atoms with E-state index in [1.165, 1.54) is 0 Å². The van der Waals surface area contributed by atoms with Crippen molar-refractivity contribution >= 4 is 28.5 Å². The fourth-order valence-corrected chi connectivity index (χ4v) is 1.96. The molecule has 0 aliphatic carbocycles. The third-order valence-electron chi connectivity index (χ3n) is 2.99. The molecule has 7 nitrogen and oxygen atoms in total. The summed E-state index contributed by atoms with van der Waals surface area (Å²) in [6, 6.07) is 5.99. The maximum atomic E-state index is 11.2. The number of hydrogen-bond donors (Lipinski definition) is 3. The van der Waals surface area contributed by atoms with Crippen molar-refractivity contribution < 1.29 is 19.4 Å². The lowest BCUT2D eigenvalue weighted by Crippen LogP contribution is -2.34. The van der Waals surface area contributed by atoms with Gasteiger partial charge in [0, 0.05) is 11.6 Å². The first-order chi connectivity index (χ1) is 10.0. The van der Waals surface area contributed by atoms with E-state index in [2.05, 4.69) is 10.3 Å². The van der Waals surface area contributed by atoms with Gasteiger partial charge < -0.3 is 20.9 Å². The Morgan fingerprint density at radius 3 is 2.81 bits per heavy atom. The van der Waals surface area contributed by atoms with E-state index in [9.17, 15) is 9.59 Å². The lowest BCUT2D eigenvalue weighted by Gasteiger charge is -2.15. The highest BCUT2D eigenvalue weighted by Crippen LogP contribution is 2.25. The Balaban J connectivity index is 2.37. The van der Waals surface area contributed by atoms with Crippen LogP contribution >= 0.6 is 0 Å². The number of hydrogen-bond acceptors (Lipinski definition) is 5. The van der Waals surface area contributed by atoms with Crippen LogP contribution in [0.3, 0.4) is 0 Å². The van der Waals surface area contributed by atoms with Gasteiger partial charge in [0.15, 0.2) is 0 Å². The Morgan fingerprint density at radius 2 is 2.19 bits per heavy atom. The maximum Gasteiger partial charge on any atom is 0.326 e. The van der Waals surface area contributed by atoms with E-state index in [-0.39, 0.29) is 6.42 Å². The molecule has 1 heterocycles. The standard InChI is InChI=1S/C14H15N3O4/c1-21-9-2-3-10-8(6-9)4-5-16-13(10)17-11(14(19)20)7-12(15)18/h2-6,11H,7H2,1H3,(H2,15,18)(H,16,17)(H,19,20). The van der Waals surface area contributed by atoms with Crippen molar-refractivity contribution in [1.29, 1.82) is 0 Å². The molecule has 21 heavy (non-hydrogen) atoms. The average Bonchev–Trinajstić information content (AvgIpc) is 2.45. The zero-order chi connectivity index (χ0) is 15.4. The fraction of sp³-hybridized carbons (Fsp3) is 0.214. The molecular weight excluding hydrogens is 274 g/mol. The summed E-state index contributed by atoms with van der Waals surface area (Å²) in [6.07, 6.45) is 1.23. The molecule has 4 N–H and O–H groups in total. The molecule has 2 aromatic rings. The fourth-order valence-electron chi connectivity index (χ4n) is 1.96. The second kappa shape index (κ2) is 6.08. The number of methoxy groups -OCH3 is 1. The van der Waals surface area contributed by atoms with Gasteiger partial charge >= 0.3 is 5.97 Å². The van der Waals surface area contributed by atoms with E-state index in [0.29, 0.717) is 11.6 Å². The molecule has 0 spiro atoms. The van der Waals surface area contributed by atoms with Gasteiger partial charge in [0.1, 0.15) is 17.6 Å². The average molecular weight is 289 g/mol. The molecule has 7 heteroatoms. The summed E-state index contributed by atoms with van der Waals surface area (Å²) in [5.74, 6) is -0.798. The Hall–Kier alpha value is -2.83. The molecule has 1 amide bonds. The molecule has 1 aromatic heterocycles. The second-order valence-corrected chi connectivity index (χ2v) is 4.45. The predicted molar refractivity (Wildman–Crippen MR) is 77.2 cm³/mol. The number of nitrogens with two attached hydrogens (primary N) is 1. The number of fused-ring (bicyclic) bond motifs is 1. The van der Waals surface area contributed by atoms with Gasteiger partial charge in [0.05, 0.1) is 13.5 Å². The molecule has 2 rings (SSSR count). The van der Waals surface area contributed by atoms with E-state index in [0.717, 1.165) is 10.8 Å². The number of anilines is 1. The summed E-state index contributed by atoms with van der Waals surface area (Å²) in [7, 11) is 1.56. The number of nitrogens with zero attached hydrogens (tertiary/aromatic N) is 1. The van der Waals surface area contributed by atoms with Gasteiger partial charge in [0.2, 0.25) is 5.91 Å². The minimum Gasteiger partial charge on any atom is -0.497 e. The van der Waals surface area contributed by atoms with Gasteiger partial charge in [-0.2, -0.15) is 0 Å². The van der Waals surface area contributed by atoms with Crippen LogP contribution in [0.4, 0.5) is 5.82 Å².